The van der Waals surface area contributed by atoms with Crippen LogP contribution < -0.4 is 10.6 Å². The Kier molecular flexibility index (Phi) is 5.62. The molecule has 0 bridgehead atoms. The first kappa shape index (κ1) is 20.5. The summed E-state index contributed by atoms with van der Waals surface area (Å²) in [7, 11) is 0. The van der Waals surface area contributed by atoms with Crippen molar-refractivity contribution in [2.45, 2.75) is 6.10 Å². The Morgan fingerprint density at radius 1 is 0.871 bits per heavy atom. The number of para-hydroxylation sites is 2. The van der Waals surface area contributed by atoms with Crippen LogP contribution in [0.4, 0.5) is 15.8 Å². The fourth-order valence-electron chi connectivity index (χ4n) is 3.46. The first-order valence-electron chi connectivity index (χ1n) is 9.59. The van der Waals surface area contributed by atoms with Crippen LogP contribution in [0.15, 0.2) is 84.2 Å². The zero-order valence-corrected chi connectivity index (χ0v) is 16.3. The van der Waals surface area contributed by atoms with Gasteiger partial charge >= 0.3 is 0 Å². The number of nitrogens with one attached hydrogen (secondary N) is 2. The van der Waals surface area contributed by atoms with Crippen LogP contribution in [0.1, 0.15) is 32.4 Å². The van der Waals surface area contributed by atoms with Gasteiger partial charge in [-0.3, -0.25) is 9.59 Å². The van der Waals surface area contributed by atoms with Crippen LogP contribution in [0.5, 0.6) is 0 Å². The molecule has 1 unspecified atom stereocenters. The molecule has 3 aromatic rings. The summed E-state index contributed by atoms with van der Waals surface area (Å²) in [4.78, 5) is 26.9. The highest BCUT2D eigenvalue weighted by molar-refractivity contribution is 6.32. The number of Topliss-reactive ketones (excluding diaryl/α,β-unsaturated/α-hetero) is 2. The van der Waals surface area contributed by atoms with E-state index >= 15 is 0 Å². The molecule has 6 nitrogen and oxygen atoms in total. The molecule has 1 atom stereocenters. The van der Waals surface area contributed by atoms with Crippen molar-refractivity contribution in [1.82, 2.24) is 0 Å². The van der Waals surface area contributed by atoms with Gasteiger partial charge in [0.25, 0.3) is 0 Å². The summed E-state index contributed by atoms with van der Waals surface area (Å²) in [6.45, 7) is -0.587. The summed E-state index contributed by atoms with van der Waals surface area (Å²) in [5.74, 6) is -1.79. The van der Waals surface area contributed by atoms with Crippen LogP contribution in [0.3, 0.4) is 0 Å². The van der Waals surface area contributed by atoms with Gasteiger partial charge in [0.2, 0.25) is 11.6 Å². The molecule has 0 amide bonds. The summed E-state index contributed by atoms with van der Waals surface area (Å²) >= 11 is 0. The second kappa shape index (κ2) is 8.51. The van der Waals surface area contributed by atoms with E-state index in [1.165, 1.54) is 30.3 Å². The van der Waals surface area contributed by atoms with Gasteiger partial charge in [0.15, 0.2) is 0 Å². The Balaban J connectivity index is 1.86. The van der Waals surface area contributed by atoms with Crippen molar-refractivity contribution < 1.29 is 24.2 Å². The highest BCUT2D eigenvalue weighted by Crippen LogP contribution is 2.33. The number of allylic oxidation sites excluding steroid dienone is 1. The van der Waals surface area contributed by atoms with Crippen LogP contribution in [0.25, 0.3) is 0 Å². The number of benzene rings is 3. The van der Waals surface area contributed by atoms with Gasteiger partial charge in [-0.2, -0.15) is 0 Å². The van der Waals surface area contributed by atoms with Gasteiger partial charge in [-0.25, -0.2) is 4.39 Å². The largest absolute Gasteiger partial charge is 0.393 e. The number of ketones is 2. The van der Waals surface area contributed by atoms with Crippen molar-refractivity contribution in [2.75, 3.05) is 17.2 Å². The number of rotatable bonds is 6. The summed E-state index contributed by atoms with van der Waals surface area (Å²) in [6.07, 6.45) is -1.29. The smallest absolute Gasteiger partial charge is 0.201 e. The maximum absolute atomic E-state index is 13.8. The second-order valence-electron chi connectivity index (χ2n) is 7.00. The molecule has 0 fully saturated rings. The number of hydrogen-bond donors (Lipinski definition) is 4. The van der Waals surface area contributed by atoms with Crippen LogP contribution >= 0.6 is 0 Å². The lowest BCUT2D eigenvalue weighted by Crippen LogP contribution is -2.22. The Labute approximate surface area is 177 Å². The van der Waals surface area contributed by atoms with Crippen LogP contribution in [-0.2, 0) is 0 Å². The zero-order chi connectivity index (χ0) is 22.0. The second-order valence-corrected chi connectivity index (χ2v) is 7.00. The molecule has 1 heterocycles. The average Bonchev–Trinajstić information content (AvgIpc) is 3.22. The lowest BCUT2D eigenvalue weighted by atomic mass is 9.91. The summed E-state index contributed by atoms with van der Waals surface area (Å²) in [5, 5.41) is 25.6. The molecule has 0 saturated carbocycles. The molecule has 4 N–H and O–H groups in total. The molecule has 4 rings (SSSR count). The number of anilines is 2. The minimum absolute atomic E-state index is 0.00981. The highest BCUT2D eigenvalue weighted by atomic mass is 19.1. The van der Waals surface area contributed by atoms with E-state index in [1.807, 2.05) is 0 Å². The minimum Gasteiger partial charge on any atom is -0.393 e. The Hall–Kier alpha value is -3.81. The number of fused-ring (bicyclic) bond motifs is 1. The SMILES string of the molecule is O=C(C(C(=O)c1ccccc1C(O)CO)=C1Nc2ccccc2N1)c1cccc(F)c1. The normalized spacial score (nSPS) is 13.1. The number of carbonyl (C=O) groups excluding carboxylic acids is 2. The van der Waals surface area contributed by atoms with Crippen molar-refractivity contribution in [3.63, 3.8) is 0 Å². The maximum atomic E-state index is 13.8. The van der Waals surface area contributed by atoms with Crippen molar-refractivity contribution in [2.24, 2.45) is 0 Å². The van der Waals surface area contributed by atoms with E-state index in [9.17, 15) is 24.2 Å². The highest BCUT2D eigenvalue weighted by Gasteiger charge is 2.31. The third-order valence-electron chi connectivity index (χ3n) is 4.97. The molecule has 3 aromatic carbocycles. The third kappa shape index (κ3) is 3.96. The monoisotopic (exact) mass is 418 g/mol. The Morgan fingerprint density at radius 2 is 1.52 bits per heavy atom. The van der Waals surface area contributed by atoms with Gasteiger partial charge in [-0.1, -0.05) is 48.5 Å². The Morgan fingerprint density at radius 3 is 2.16 bits per heavy atom. The van der Waals surface area contributed by atoms with Gasteiger partial charge in [0.1, 0.15) is 23.3 Å². The maximum Gasteiger partial charge on any atom is 0.201 e. The van der Waals surface area contributed by atoms with E-state index in [4.69, 9.17) is 0 Å². The number of aliphatic hydroxyl groups is 2. The molecule has 1 aliphatic rings. The first-order chi connectivity index (χ1) is 15.0. The fraction of sp³-hybridized carbons (Fsp3) is 0.0833. The average molecular weight is 418 g/mol. The van der Waals surface area contributed by atoms with Gasteiger partial charge in [-0.05, 0) is 29.8 Å². The summed E-state index contributed by atoms with van der Waals surface area (Å²) < 4.78 is 13.8. The number of carbonyl (C=O) groups is 2. The topological polar surface area (TPSA) is 98.7 Å². The number of aliphatic hydroxyl groups excluding tert-OH is 2. The quantitative estimate of drug-likeness (QED) is 0.211. The minimum atomic E-state index is -1.29. The van der Waals surface area contributed by atoms with E-state index < -0.39 is 30.1 Å². The summed E-state index contributed by atoms with van der Waals surface area (Å²) in [5.41, 5.74) is 1.39. The molecule has 156 valence electrons. The van der Waals surface area contributed by atoms with Crippen LogP contribution in [0, 0.1) is 5.82 Å². The lowest BCUT2D eigenvalue weighted by molar-refractivity contribution is 0.0903. The first-order valence-corrected chi connectivity index (χ1v) is 9.59. The zero-order valence-electron chi connectivity index (χ0n) is 16.3. The molecule has 0 spiro atoms. The van der Waals surface area contributed by atoms with Crippen LogP contribution in [-0.4, -0.2) is 28.4 Å². The molecule has 0 saturated heterocycles. The fourth-order valence-corrected chi connectivity index (χ4v) is 3.46. The standard InChI is InChI=1S/C24H19FN2O4/c25-15-7-5-6-14(12-15)22(30)21(24-26-18-10-3-4-11-19(18)27-24)23(31)17-9-2-1-8-16(17)20(29)13-28/h1-12,20,26-29H,13H2. The van der Waals surface area contributed by atoms with Gasteiger partial charge in [0, 0.05) is 11.1 Å². The van der Waals surface area contributed by atoms with E-state index in [2.05, 4.69) is 10.6 Å². The predicted octanol–water partition coefficient (Wildman–Crippen LogP) is 3.67. The molecule has 7 heteroatoms. The van der Waals surface area contributed by atoms with Crippen molar-refractivity contribution in [3.8, 4) is 0 Å². The lowest BCUT2D eigenvalue weighted by Gasteiger charge is -2.16. The van der Waals surface area contributed by atoms with Crippen molar-refractivity contribution >= 4 is 22.9 Å². The van der Waals surface area contributed by atoms with E-state index in [0.29, 0.717) is 11.4 Å². The molecule has 1 aliphatic heterocycles. The van der Waals surface area contributed by atoms with E-state index in [-0.39, 0.29) is 28.1 Å². The number of hydrogen-bond acceptors (Lipinski definition) is 6. The molecule has 0 radical (unpaired) electrons. The number of halogens is 1. The molecule has 31 heavy (non-hydrogen) atoms. The molecule has 0 aromatic heterocycles. The molecular weight excluding hydrogens is 399 g/mol. The molecular formula is C24H19FN2O4. The van der Waals surface area contributed by atoms with Gasteiger partial charge < -0.3 is 20.8 Å². The van der Waals surface area contributed by atoms with E-state index in [1.54, 1.807) is 36.4 Å². The van der Waals surface area contributed by atoms with Crippen molar-refractivity contribution in [1.29, 1.82) is 0 Å². The van der Waals surface area contributed by atoms with Crippen molar-refractivity contribution in [3.05, 3.63) is 107 Å². The van der Waals surface area contributed by atoms with E-state index in [0.717, 1.165) is 6.07 Å². The Bertz CT molecular complexity index is 1180. The molecule has 0 aliphatic carbocycles. The van der Waals surface area contributed by atoms with Gasteiger partial charge in [-0.15, -0.1) is 0 Å². The summed E-state index contributed by atoms with van der Waals surface area (Å²) in [6, 6.07) is 18.5. The predicted molar refractivity (Wildman–Crippen MR) is 114 cm³/mol. The van der Waals surface area contributed by atoms with Crippen LogP contribution in [0.2, 0.25) is 0 Å². The van der Waals surface area contributed by atoms with Gasteiger partial charge in [0.05, 0.1) is 18.0 Å². The third-order valence-corrected chi connectivity index (χ3v) is 4.97.